The fourth-order valence-electron chi connectivity index (χ4n) is 4.45. The van der Waals surface area contributed by atoms with E-state index in [4.69, 9.17) is 33.2 Å². The molecule has 0 aromatic carbocycles. The van der Waals surface area contributed by atoms with Crippen LogP contribution in [0.4, 0.5) is 0 Å². The Bertz CT molecular complexity index is 731. The number of aliphatic hydroxyl groups is 10. The van der Waals surface area contributed by atoms with Crippen molar-refractivity contribution in [3.63, 3.8) is 0 Å². The fourth-order valence-corrected chi connectivity index (χ4v) is 4.45. The van der Waals surface area contributed by atoms with Gasteiger partial charge in [0, 0.05) is 0 Å². The Labute approximate surface area is 209 Å². The molecule has 0 aromatic rings. The van der Waals surface area contributed by atoms with Crippen LogP contribution in [0.25, 0.3) is 0 Å². The van der Waals surface area contributed by atoms with Gasteiger partial charge in [0.1, 0.15) is 73.2 Å². The van der Waals surface area contributed by atoms with Crippen molar-refractivity contribution in [2.75, 3.05) is 26.4 Å². The molecule has 17 nitrogen and oxygen atoms in total. The van der Waals surface area contributed by atoms with E-state index in [0.717, 1.165) is 0 Å². The molecular weight excluding hydrogens is 512 g/mol. The lowest BCUT2D eigenvalue weighted by Gasteiger charge is -2.42. The summed E-state index contributed by atoms with van der Waals surface area (Å²) in [5.41, 5.74) is 0. The van der Waals surface area contributed by atoms with E-state index in [1.807, 2.05) is 0 Å². The minimum atomic E-state index is -1.72. The Kier molecular flexibility index (Phi) is 9.69. The Hall–Kier alpha value is -0.680. The number of hydrogen-bond acceptors (Lipinski definition) is 17. The maximum atomic E-state index is 10.8. The second-order valence-electron chi connectivity index (χ2n) is 9.31. The minimum Gasteiger partial charge on any atom is -0.394 e. The van der Waals surface area contributed by atoms with Crippen molar-refractivity contribution in [2.24, 2.45) is 0 Å². The molecule has 4 saturated heterocycles. The molecule has 0 aromatic heterocycles. The molecule has 16 atom stereocenters. The summed E-state index contributed by atoms with van der Waals surface area (Å²) in [5, 5.41) is 100. The van der Waals surface area contributed by atoms with Crippen molar-refractivity contribution in [1.82, 2.24) is 0 Å². The van der Waals surface area contributed by atoms with Crippen molar-refractivity contribution < 1.29 is 84.2 Å². The third kappa shape index (κ3) is 6.08. The summed E-state index contributed by atoms with van der Waals surface area (Å²) in [6.45, 7) is -1.83. The van der Waals surface area contributed by atoms with E-state index in [1.54, 1.807) is 0 Å². The van der Waals surface area contributed by atoms with E-state index in [0.29, 0.717) is 0 Å². The first-order valence-corrected chi connectivity index (χ1v) is 11.7. The Morgan fingerprint density at radius 1 is 0.541 bits per heavy atom. The standard InChI is InChI=1S/C20H34O17/c21-1-7-11(26)16(37-18-13(28)9(24)5(22)2-32-18)20(34-7)36-15-6(23)3-33-19(14(15)29)35-8-4-31-17(30)12(27)10(8)25/h5-30H,1-4H2/t5-,6-,7+,8-,9+,10+,11+,12-,13-,14-,15+,16-,17-,18+,19+,20+/m1/s1. The van der Waals surface area contributed by atoms with Gasteiger partial charge in [0.2, 0.25) is 0 Å². The maximum absolute atomic E-state index is 10.8. The van der Waals surface area contributed by atoms with Gasteiger partial charge >= 0.3 is 0 Å². The van der Waals surface area contributed by atoms with E-state index >= 15 is 0 Å². The van der Waals surface area contributed by atoms with E-state index in [2.05, 4.69) is 0 Å². The monoisotopic (exact) mass is 546 g/mol. The molecular formula is C20H34O17. The second kappa shape index (κ2) is 12.2. The van der Waals surface area contributed by atoms with Crippen LogP contribution in [-0.4, -0.2) is 176 Å². The highest BCUT2D eigenvalue weighted by atomic mass is 16.8. The number of hydrogen-bond donors (Lipinski definition) is 10. The lowest BCUT2D eigenvalue weighted by Crippen LogP contribution is -2.60. The summed E-state index contributed by atoms with van der Waals surface area (Å²) >= 11 is 0. The van der Waals surface area contributed by atoms with Crippen molar-refractivity contribution >= 4 is 0 Å². The Morgan fingerprint density at radius 2 is 1.16 bits per heavy atom. The zero-order valence-corrected chi connectivity index (χ0v) is 19.4. The first kappa shape index (κ1) is 29.3. The van der Waals surface area contributed by atoms with Crippen LogP contribution in [0.5, 0.6) is 0 Å². The van der Waals surface area contributed by atoms with Gasteiger partial charge in [-0.2, -0.15) is 0 Å². The number of ether oxygens (including phenoxy) is 7. The van der Waals surface area contributed by atoms with Crippen LogP contribution in [0, 0.1) is 0 Å². The zero-order chi connectivity index (χ0) is 27.0. The molecule has 4 aliphatic heterocycles. The van der Waals surface area contributed by atoms with Gasteiger partial charge in [-0.1, -0.05) is 0 Å². The van der Waals surface area contributed by atoms with Crippen molar-refractivity contribution in [1.29, 1.82) is 0 Å². The molecule has 37 heavy (non-hydrogen) atoms. The lowest BCUT2D eigenvalue weighted by molar-refractivity contribution is -0.346. The molecule has 0 bridgehead atoms. The van der Waals surface area contributed by atoms with Crippen LogP contribution >= 0.6 is 0 Å². The van der Waals surface area contributed by atoms with Crippen molar-refractivity contribution in [3.8, 4) is 0 Å². The zero-order valence-electron chi connectivity index (χ0n) is 19.4. The minimum absolute atomic E-state index is 0.351. The van der Waals surface area contributed by atoms with Gasteiger partial charge in [-0.05, 0) is 0 Å². The molecule has 17 heteroatoms. The van der Waals surface area contributed by atoms with E-state index < -0.39 is 112 Å². The molecule has 0 radical (unpaired) electrons. The van der Waals surface area contributed by atoms with Crippen LogP contribution < -0.4 is 0 Å². The fraction of sp³-hybridized carbons (Fsp3) is 1.00. The number of rotatable bonds is 7. The van der Waals surface area contributed by atoms with Crippen molar-refractivity contribution in [2.45, 2.75) is 98.4 Å². The number of aliphatic hydroxyl groups excluding tert-OH is 10. The van der Waals surface area contributed by atoms with E-state index in [-0.39, 0.29) is 13.2 Å². The topological polar surface area (TPSA) is 267 Å². The summed E-state index contributed by atoms with van der Waals surface area (Å²) in [6.07, 6.45) is -24.3. The third-order valence-electron chi connectivity index (χ3n) is 6.70. The van der Waals surface area contributed by atoms with Gasteiger partial charge < -0.3 is 84.2 Å². The van der Waals surface area contributed by atoms with E-state index in [9.17, 15) is 51.1 Å². The normalized spacial score (nSPS) is 53.4. The molecule has 0 spiro atoms. The summed E-state index contributed by atoms with van der Waals surface area (Å²) in [6, 6.07) is 0. The van der Waals surface area contributed by atoms with Gasteiger partial charge in [-0.3, -0.25) is 0 Å². The highest BCUT2D eigenvalue weighted by Crippen LogP contribution is 2.32. The molecule has 0 saturated carbocycles. The van der Waals surface area contributed by atoms with Crippen LogP contribution in [0.1, 0.15) is 0 Å². The quantitative estimate of drug-likeness (QED) is 0.142. The Balaban J connectivity index is 1.43. The van der Waals surface area contributed by atoms with E-state index in [1.165, 1.54) is 0 Å². The highest BCUT2D eigenvalue weighted by Gasteiger charge is 2.52. The molecule has 4 fully saturated rings. The van der Waals surface area contributed by atoms with Gasteiger partial charge in [-0.15, -0.1) is 0 Å². The first-order valence-electron chi connectivity index (χ1n) is 11.7. The molecule has 4 rings (SSSR count). The third-order valence-corrected chi connectivity index (χ3v) is 6.70. The molecule has 4 aliphatic rings. The predicted octanol–water partition coefficient (Wildman–Crippen LogP) is -7.19. The smallest absolute Gasteiger partial charge is 0.187 e. The van der Waals surface area contributed by atoms with Crippen LogP contribution in [0.2, 0.25) is 0 Å². The Morgan fingerprint density at radius 3 is 1.84 bits per heavy atom. The molecule has 0 unspecified atom stereocenters. The van der Waals surface area contributed by atoms with Gasteiger partial charge in [0.25, 0.3) is 0 Å². The maximum Gasteiger partial charge on any atom is 0.187 e. The highest BCUT2D eigenvalue weighted by molar-refractivity contribution is 4.94. The van der Waals surface area contributed by atoms with Crippen molar-refractivity contribution in [3.05, 3.63) is 0 Å². The summed E-state index contributed by atoms with van der Waals surface area (Å²) in [5.74, 6) is 0. The summed E-state index contributed by atoms with van der Waals surface area (Å²) in [4.78, 5) is 0. The largest absolute Gasteiger partial charge is 0.394 e. The van der Waals surface area contributed by atoms with Crippen LogP contribution in [0.15, 0.2) is 0 Å². The molecule has 216 valence electrons. The molecule has 0 amide bonds. The van der Waals surface area contributed by atoms with Gasteiger partial charge in [0.15, 0.2) is 25.2 Å². The predicted molar refractivity (Wildman–Crippen MR) is 110 cm³/mol. The van der Waals surface area contributed by atoms with Crippen LogP contribution in [0.3, 0.4) is 0 Å². The van der Waals surface area contributed by atoms with Gasteiger partial charge in [-0.25, -0.2) is 0 Å². The second-order valence-corrected chi connectivity index (χ2v) is 9.31. The summed E-state index contributed by atoms with van der Waals surface area (Å²) < 4.78 is 37.6. The van der Waals surface area contributed by atoms with Crippen LogP contribution in [-0.2, 0) is 33.2 Å². The SMILES string of the molecule is OC[C@@H]1O[C@@H](O[C@@H]2[C@@H](O)[C@H](O[C@@H]3CO[C@@H](O)[C@H](O)[C@H]3O)OC[C@H]2O)[C@H](O[C@@H]2OC[C@@H](O)[C@H](O)[C@H]2O)[C@H]1O. The molecule has 10 N–H and O–H groups in total. The van der Waals surface area contributed by atoms with Gasteiger partial charge in [0.05, 0.1) is 26.4 Å². The average molecular weight is 546 g/mol. The first-order chi connectivity index (χ1) is 17.5. The summed E-state index contributed by atoms with van der Waals surface area (Å²) in [7, 11) is 0. The molecule has 0 aliphatic carbocycles. The molecule has 4 heterocycles. The average Bonchev–Trinajstić information content (AvgIpc) is 3.17. The lowest BCUT2D eigenvalue weighted by atomic mass is 10.0.